The van der Waals surface area contributed by atoms with Gasteiger partial charge in [0.2, 0.25) is 0 Å². The molecule has 11 N–H and O–H groups in total. The Balaban J connectivity index is -0.000000317. The van der Waals surface area contributed by atoms with E-state index in [1.807, 2.05) is 0 Å². The van der Waals surface area contributed by atoms with Crippen molar-refractivity contribution in [2.24, 2.45) is 33.7 Å². The number of aliphatic imine (C=N–C) groups is 1. The topological polar surface area (TPSA) is 180 Å². The third-order valence-corrected chi connectivity index (χ3v) is 1.55. The van der Waals surface area contributed by atoms with Gasteiger partial charge in [0.05, 0.1) is 6.54 Å². The predicted molar refractivity (Wildman–Crippen MR) is 69.7 cm³/mol. The van der Waals surface area contributed by atoms with Crippen LogP contribution in [0.3, 0.4) is 0 Å². The number of hydrogen-bond acceptors (Lipinski definition) is 6. The van der Waals surface area contributed by atoms with Gasteiger partial charge in [-0.05, 0) is 6.92 Å². The Morgan fingerprint density at radius 3 is 1.89 bits per heavy atom. The Labute approximate surface area is 119 Å². The van der Waals surface area contributed by atoms with Crippen molar-refractivity contribution >= 4 is 22.0 Å². The first kappa shape index (κ1) is 22.7. The van der Waals surface area contributed by atoms with Crippen LogP contribution in [-0.2, 0) is 19.6 Å². The molecule has 10 heteroatoms. The molecule has 18 heavy (non-hydrogen) atoms. The van der Waals surface area contributed by atoms with Gasteiger partial charge in [-0.15, -0.1) is 0 Å². The first-order valence-electron chi connectivity index (χ1n) is 4.90. The van der Waals surface area contributed by atoms with E-state index in [0.29, 0.717) is 19.6 Å². The molecule has 8 nitrogen and oxygen atoms in total. The molecule has 0 aliphatic rings. The van der Waals surface area contributed by atoms with Gasteiger partial charge >= 0.3 is 31.0 Å². The van der Waals surface area contributed by atoms with Gasteiger partial charge in [0.15, 0.2) is 5.54 Å². The Bertz CT molecular complexity index is 238. The summed E-state index contributed by atoms with van der Waals surface area (Å²) in [5.41, 5.74) is 24.0. The number of rotatable bonds is 5. The molecule has 0 radical (unpaired) electrons. The van der Waals surface area contributed by atoms with E-state index in [1.54, 1.807) is 0 Å². The molecule has 0 aliphatic heterocycles. The standard InChI is InChI=1S/C6H14N4O2.C2H8N2.ClH.Co/c1-6(9,5(11)12)4(8)10-3-2-7;3-1-2-4;;/h2-3,7,9H2,1H3,(H2,8,10)(H,11,12);1-4H2;1H;/q;;;+3/p-1. The van der Waals surface area contributed by atoms with Gasteiger partial charge < -0.3 is 33.8 Å². The fourth-order valence-electron chi connectivity index (χ4n) is 0.459. The second kappa shape index (κ2) is 14.6. The summed E-state index contributed by atoms with van der Waals surface area (Å²) >= 11 is 3.03. The average Bonchev–Trinajstić information content (AvgIpc) is 2.38. The van der Waals surface area contributed by atoms with E-state index in [-0.39, 0.29) is 12.4 Å². The number of carboxylic acid groups (broad SMARTS) is 1. The zero-order valence-electron chi connectivity index (χ0n) is 10.2. The van der Waals surface area contributed by atoms with Crippen molar-refractivity contribution in [2.45, 2.75) is 12.5 Å². The molecule has 110 valence electrons. The molecule has 0 spiro atoms. The molecule has 0 fully saturated rings. The zero-order chi connectivity index (χ0) is 15.2. The van der Waals surface area contributed by atoms with E-state index in [2.05, 4.69) is 30.0 Å². The van der Waals surface area contributed by atoms with Crippen molar-refractivity contribution in [2.75, 3.05) is 26.2 Å². The first-order valence-corrected chi connectivity index (χ1v) is 6.33. The van der Waals surface area contributed by atoms with E-state index < -0.39 is 11.5 Å². The van der Waals surface area contributed by atoms with Crippen molar-refractivity contribution in [3.05, 3.63) is 0 Å². The summed E-state index contributed by atoms with van der Waals surface area (Å²) in [6.45, 7) is 3.08. The molecule has 0 aliphatic carbocycles. The molecular formula is C8H22ClCoN6O2+2. The average molecular weight is 329 g/mol. The number of halogens is 1. The van der Waals surface area contributed by atoms with E-state index >= 15 is 0 Å². The van der Waals surface area contributed by atoms with E-state index in [0.717, 1.165) is 0 Å². The molecule has 0 aromatic carbocycles. The van der Waals surface area contributed by atoms with Crippen LogP contribution in [-0.4, -0.2) is 48.6 Å². The van der Waals surface area contributed by atoms with Crippen molar-refractivity contribution in [1.29, 1.82) is 0 Å². The van der Waals surface area contributed by atoms with Crippen LogP contribution in [0.4, 0.5) is 0 Å². The van der Waals surface area contributed by atoms with Gasteiger partial charge in [0, 0.05) is 19.6 Å². The quantitative estimate of drug-likeness (QED) is 0.242. The summed E-state index contributed by atoms with van der Waals surface area (Å²) in [5, 5.41) is 8.59. The third kappa shape index (κ3) is 12.0. The van der Waals surface area contributed by atoms with Crippen LogP contribution in [0.2, 0.25) is 0 Å². The number of nitrogens with zero attached hydrogens (tertiary/aromatic N) is 1. The normalized spacial score (nSPS) is 13.4. The maximum absolute atomic E-state index is 10.5. The minimum atomic E-state index is -1.60. The molecular weight excluding hydrogens is 307 g/mol. The predicted octanol–water partition coefficient (Wildman–Crippen LogP) is -2.30. The van der Waals surface area contributed by atoms with Gasteiger partial charge in [-0.3, -0.25) is 4.99 Å². The Morgan fingerprint density at radius 1 is 1.28 bits per heavy atom. The second-order valence-corrected chi connectivity index (χ2v) is 3.14. The summed E-state index contributed by atoms with van der Waals surface area (Å²) in [5.74, 6) is -1.32. The van der Waals surface area contributed by atoms with Crippen LogP contribution in [0.15, 0.2) is 4.99 Å². The Morgan fingerprint density at radius 2 is 1.67 bits per heavy atom. The van der Waals surface area contributed by atoms with Gasteiger partial charge in [0.25, 0.3) is 0 Å². The number of nitrogens with two attached hydrogens (primary N) is 5. The monoisotopic (exact) mass is 328 g/mol. The summed E-state index contributed by atoms with van der Waals surface area (Å²) in [7, 11) is 4.33. The van der Waals surface area contributed by atoms with Crippen molar-refractivity contribution in [3.63, 3.8) is 0 Å². The molecule has 0 aromatic rings. The molecule has 0 aromatic heterocycles. The number of carbonyl (C=O) groups is 1. The van der Waals surface area contributed by atoms with Crippen LogP contribution >= 0.6 is 10.1 Å². The molecule has 0 bridgehead atoms. The third-order valence-electron chi connectivity index (χ3n) is 1.55. The fourth-order valence-corrected chi connectivity index (χ4v) is 0.459. The molecule has 0 saturated carbocycles. The molecule has 0 saturated heterocycles. The van der Waals surface area contributed by atoms with Gasteiger partial charge in [-0.2, -0.15) is 0 Å². The van der Waals surface area contributed by atoms with E-state index in [1.165, 1.54) is 6.92 Å². The van der Waals surface area contributed by atoms with Gasteiger partial charge in [-0.25, -0.2) is 4.79 Å². The van der Waals surface area contributed by atoms with Crippen LogP contribution < -0.4 is 28.7 Å². The summed E-state index contributed by atoms with van der Waals surface area (Å²) < 4.78 is 0. The van der Waals surface area contributed by atoms with Crippen LogP contribution in [0, 0.1) is 0 Å². The summed E-state index contributed by atoms with van der Waals surface area (Å²) in [6, 6.07) is 0. The number of amidine groups is 1. The van der Waals surface area contributed by atoms with E-state index in [4.69, 9.17) is 33.8 Å². The number of carboxylic acids is 1. The zero-order valence-corrected chi connectivity index (χ0v) is 12.0. The SMILES string of the molecule is CC(N)(C(=O)O)C(N)=NCCN.NCCN.[Cl][Co+2]. The van der Waals surface area contributed by atoms with Crippen LogP contribution in [0.25, 0.3) is 0 Å². The molecule has 0 rings (SSSR count). The maximum atomic E-state index is 10.5. The second-order valence-electron chi connectivity index (χ2n) is 3.14. The number of hydrogen-bond donors (Lipinski definition) is 6. The summed E-state index contributed by atoms with van der Waals surface area (Å²) in [4.78, 5) is 14.2. The summed E-state index contributed by atoms with van der Waals surface area (Å²) in [6.07, 6.45) is 0. The van der Waals surface area contributed by atoms with Crippen molar-refractivity contribution < 1.29 is 24.7 Å². The minimum absolute atomic E-state index is 0.111. The van der Waals surface area contributed by atoms with Crippen molar-refractivity contribution in [1.82, 2.24) is 0 Å². The molecule has 0 amide bonds. The Hall–Kier alpha value is -0.424. The van der Waals surface area contributed by atoms with E-state index in [9.17, 15) is 4.79 Å². The Kier molecular flexibility index (Phi) is 18.5. The number of aliphatic carboxylic acids is 1. The van der Waals surface area contributed by atoms with Crippen LogP contribution in [0.1, 0.15) is 6.92 Å². The fraction of sp³-hybridized carbons (Fsp3) is 0.750. The van der Waals surface area contributed by atoms with Gasteiger partial charge in [0.1, 0.15) is 5.84 Å². The van der Waals surface area contributed by atoms with Crippen molar-refractivity contribution in [3.8, 4) is 0 Å². The molecule has 0 heterocycles. The van der Waals surface area contributed by atoms with Gasteiger partial charge in [-0.1, -0.05) is 0 Å². The molecule has 1 atom stereocenters. The molecule has 1 unspecified atom stereocenters. The first-order chi connectivity index (χ1) is 8.34. The van der Waals surface area contributed by atoms with Crippen LogP contribution in [0.5, 0.6) is 0 Å².